The molecule has 2 nitrogen and oxygen atoms in total. The molecule has 0 saturated heterocycles. The van der Waals surface area contributed by atoms with Gasteiger partial charge in [0, 0.05) is 25.7 Å². The quantitative estimate of drug-likeness (QED) is 0.421. The number of nitrogens with zero attached hydrogens (tertiary/aromatic N) is 1. The summed E-state index contributed by atoms with van der Waals surface area (Å²) in [6.07, 6.45) is 0. The average molecular weight is 102 g/mol. The Morgan fingerprint density at radius 3 is 1.43 bits per heavy atom. The summed E-state index contributed by atoms with van der Waals surface area (Å²) in [6, 6.07) is 0. The zero-order chi connectivity index (χ0) is 6.08. The lowest BCUT2D eigenvalue weighted by Crippen LogP contribution is -2.27. The van der Waals surface area contributed by atoms with Gasteiger partial charge in [0.15, 0.2) is 7.05 Å². The molecule has 7 heavy (non-hydrogen) atoms. The zero-order valence-corrected chi connectivity index (χ0v) is 5.36. The molecule has 42 valence electrons. The molecular formula is C5H12NO+. The molecule has 0 heterocycles. The molecule has 0 radical (unpaired) electrons. The van der Waals surface area contributed by atoms with Crippen molar-refractivity contribution in [3.8, 4) is 0 Å². The predicted molar refractivity (Wildman–Crippen MR) is 29.3 cm³/mol. The molecule has 0 amide bonds. The molecule has 0 aromatic heterocycles. The van der Waals surface area contributed by atoms with E-state index in [0.717, 1.165) is 4.76 Å². The first-order chi connectivity index (χ1) is 2.94. The van der Waals surface area contributed by atoms with E-state index in [1.54, 1.807) is 0 Å². The van der Waals surface area contributed by atoms with Crippen LogP contribution in [0.3, 0.4) is 0 Å². The van der Waals surface area contributed by atoms with Gasteiger partial charge in [0.25, 0.3) is 0 Å². The summed E-state index contributed by atoms with van der Waals surface area (Å²) in [5.74, 6) is 0. The van der Waals surface area contributed by atoms with E-state index in [1.807, 2.05) is 20.8 Å². The summed E-state index contributed by atoms with van der Waals surface area (Å²) < 4.78 is 0.938. The molecular weight excluding hydrogens is 90.1 g/mol. The maximum absolute atomic E-state index is 10.4. The fraction of sp³-hybridized carbons (Fsp3) is 1.00. The Morgan fingerprint density at radius 1 is 1.29 bits per heavy atom. The van der Waals surface area contributed by atoms with Gasteiger partial charge in [-0.25, -0.2) is 0 Å². The van der Waals surface area contributed by atoms with Crippen molar-refractivity contribution in [1.82, 2.24) is 0 Å². The van der Waals surface area contributed by atoms with Crippen LogP contribution in [0.15, 0.2) is 0 Å². The predicted octanol–water partition coefficient (Wildman–Crippen LogP) is 1.19. The molecule has 0 spiro atoms. The van der Waals surface area contributed by atoms with Crippen LogP contribution < -0.4 is 0 Å². The molecule has 2 heteroatoms. The maximum atomic E-state index is 10.4. The first kappa shape index (κ1) is 6.60. The molecule has 0 atom stereocenters. The average Bonchev–Trinajstić information content (AvgIpc) is 1.31. The molecule has 0 aliphatic rings. The van der Waals surface area contributed by atoms with Crippen molar-refractivity contribution in [3.05, 3.63) is 4.91 Å². The topological polar surface area (TPSA) is 20.1 Å². The lowest BCUT2D eigenvalue weighted by Gasteiger charge is -2.03. The summed E-state index contributed by atoms with van der Waals surface area (Å²) in [5.41, 5.74) is -0.222. The Morgan fingerprint density at radius 2 is 1.43 bits per heavy atom. The van der Waals surface area contributed by atoms with Crippen molar-refractivity contribution in [2.45, 2.75) is 26.3 Å². The molecule has 0 saturated carbocycles. The Bertz CT molecular complexity index is 80.6. The van der Waals surface area contributed by atoms with E-state index in [9.17, 15) is 4.91 Å². The summed E-state index contributed by atoms with van der Waals surface area (Å²) in [7, 11) is 1.53. The van der Waals surface area contributed by atoms with Gasteiger partial charge in [-0.05, 0) is 4.76 Å². The molecule has 0 unspecified atom stereocenters. The van der Waals surface area contributed by atoms with Gasteiger partial charge in [0.05, 0.1) is 0 Å². The van der Waals surface area contributed by atoms with Gasteiger partial charge in [0.1, 0.15) is 0 Å². The third kappa shape index (κ3) is 2.31. The highest BCUT2D eigenvalue weighted by atomic mass is 16.3. The highest BCUT2D eigenvalue weighted by Gasteiger charge is 2.22. The summed E-state index contributed by atoms with van der Waals surface area (Å²) in [4.78, 5) is 10.4. The van der Waals surface area contributed by atoms with Crippen LogP contribution in [0.25, 0.3) is 0 Å². The van der Waals surface area contributed by atoms with Crippen molar-refractivity contribution in [1.29, 1.82) is 0 Å². The summed E-state index contributed by atoms with van der Waals surface area (Å²) in [5, 5.41) is 0. The van der Waals surface area contributed by atoms with Crippen LogP contribution in [0.1, 0.15) is 20.8 Å². The van der Waals surface area contributed by atoms with Crippen LogP contribution in [0, 0.1) is 4.91 Å². The van der Waals surface area contributed by atoms with Gasteiger partial charge in [-0.2, -0.15) is 0 Å². The highest BCUT2D eigenvalue weighted by molar-refractivity contribution is 4.52. The maximum Gasteiger partial charge on any atom is 0.201 e. The molecule has 0 aromatic carbocycles. The lowest BCUT2D eigenvalue weighted by molar-refractivity contribution is -0.590. The van der Waals surface area contributed by atoms with E-state index in [-0.39, 0.29) is 5.54 Å². The number of hydrogen-bond acceptors (Lipinski definition) is 1. The van der Waals surface area contributed by atoms with Gasteiger partial charge < -0.3 is 0 Å². The van der Waals surface area contributed by atoms with Crippen molar-refractivity contribution in [2.75, 3.05) is 7.05 Å². The van der Waals surface area contributed by atoms with Gasteiger partial charge in [-0.1, -0.05) is 0 Å². The molecule has 0 N–H and O–H groups in total. The van der Waals surface area contributed by atoms with Crippen LogP contribution in [0.2, 0.25) is 0 Å². The minimum atomic E-state index is -0.222. The smallest absolute Gasteiger partial charge is 0.0000815 e. The van der Waals surface area contributed by atoms with Crippen molar-refractivity contribution in [2.24, 2.45) is 0 Å². The Kier molecular flexibility index (Phi) is 1.51. The first-order valence-electron chi connectivity index (χ1n) is 2.35. The fourth-order valence-corrected chi connectivity index (χ4v) is 0. The van der Waals surface area contributed by atoms with Crippen molar-refractivity contribution >= 4 is 0 Å². The Hall–Kier alpha value is -0.400. The van der Waals surface area contributed by atoms with E-state index < -0.39 is 0 Å². The van der Waals surface area contributed by atoms with Crippen LogP contribution in [-0.4, -0.2) is 17.3 Å². The third-order valence-corrected chi connectivity index (χ3v) is 0.945. The minimum Gasteiger partial charge on any atom is -0.0000815 e. The van der Waals surface area contributed by atoms with Crippen LogP contribution >= 0.6 is 0 Å². The minimum absolute atomic E-state index is 0.222. The van der Waals surface area contributed by atoms with Crippen LogP contribution in [-0.2, 0) is 0 Å². The van der Waals surface area contributed by atoms with Crippen LogP contribution in [0.4, 0.5) is 0 Å². The van der Waals surface area contributed by atoms with Crippen LogP contribution in [0.5, 0.6) is 0 Å². The SMILES string of the molecule is C[N+](=O)C(C)(C)C. The fourth-order valence-electron chi connectivity index (χ4n) is 0. The second-order valence-corrected chi connectivity index (χ2v) is 2.67. The first-order valence-corrected chi connectivity index (χ1v) is 2.35. The molecule has 0 aliphatic heterocycles. The second kappa shape index (κ2) is 1.60. The van der Waals surface area contributed by atoms with Crippen molar-refractivity contribution in [3.63, 3.8) is 0 Å². The van der Waals surface area contributed by atoms with E-state index in [0.29, 0.717) is 0 Å². The van der Waals surface area contributed by atoms with Gasteiger partial charge >= 0.3 is 0 Å². The lowest BCUT2D eigenvalue weighted by atomic mass is 10.1. The number of rotatable bonds is 0. The molecule has 0 aliphatic carbocycles. The van der Waals surface area contributed by atoms with E-state index in [1.165, 1.54) is 7.05 Å². The summed E-state index contributed by atoms with van der Waals surface area (Å²) >= 11 is 0. The van der Waals surface area contributed by atoms with Gasteiger partial charge in [0.2, 0.25) is 5.54 Å². The Labute approximate surface area is 44.1 Å². The van der Waals surface area contributed by atoms with E-state index in [2.05, 4.69) is 0 Å². The molecule has 0 aromatic rings. The molecule has 0 bridgehead atoms. The zero-order valence-electron chi connectivity index (χ0n) is 5.36. The largest absolute Gasteiger partial charge is 0.201 e. The summed E-state index contributed by atoms with van der Waals surface area (Å²) in [6.45, 7) is 5.62. The monoisotopic (exact) mass is 102 g/mol. The highest BCUT2D eigenvalue weighted by Crippen LogP contribution is 2.01. The number of hydrogen-bond donors (Lipinski definition) is 0. The van der Waals surface area contributed by atoms with E-state index >= 15 is 0 Å². The third-order valence-electron chi connectivity index (χ3n) is 0.945. The number of nitroso groups, excluding NO2 is 1. The second-order valence-electron chi connectivity index (χ2n) is 2.67. The Balaban J connectivity index is 3.79. The molecule has 0 fully saturated rings. The standard InChI is InChI=1S/C5H12NO/c1-5(2,3)6(4)7/h1-4H3/q+1. The van der Waals surface area contributed by atoms with E-state index in [4.69, 9.17) is 0 Å². The van der Waals surface area contributed by atoms with Crippen molar-refractivity contribution < 1.29 is 4.76 Å². The van der Waals surface area contributed by atoms with Gasteiger partial charge in [-0.3, -0.25) is 0 Å². The normalized spacial score (nSPS) is 11.4. The van der Waals surface area contributed by atoms with Gasteiger partial charge in [-0.15, -0.1) is 0 Å². The molecule has 0 rings (SSSR count).